The van der Waals surface area contributed by atoms with Gasteiger partial charge in [-0.1, -0.05) is 0 Å². The normalized spacial score (nSPS) is 17.8. The Labute approximate surface area is 77.9 Å². The highest BCUT2D eigenvalue weighted by Gasteiger charge is 2.50. The minimum absolute atomic E-state index is 0.0156. The van der Waals surface area contributed by atoms with Crippen LogP contribution in [0.25, 0.3) is 0 Å². The largest absolute Gasteiger partial charge is 0.394 e. The molecule has 0 bridgehead atoms. The average molecular weight is 232 g/mol. The first-order chi connectivity index (χ1) is 5.99. The van der Waals surface area contributed by atoms with E-state index in [1.165, 1.54) is 0 Å². The molecule has 2 atom stereocenters. The van der Waals surface area contributed by atoms with Crippen molar-refractivity contribution in [3.05, 3.63) is 0 Å². The van der Waals surface area contributed by atoms with Gasteiger partial charge in [0.15, 0.2) is 0 Å². The highest BCUT2D eigenvalue weighted by Crippen LogP contribution is 2.61. The molecule has 0 heterocycles. The van der Waals surface area contributed by atoms with E-state index in [2.05, 4.69) is 14.0 Å². The third-order valence-corrected chi connectivity index (χ3v) is 5.26. The van der Waals surface area contributed by atoms with Gasteiger partial charge < -0.3 is 23.5 Å². The van der Waals surface area contributed by atoms with E-state index in [4.69, 9.17) is 0 Å². The van der Waals surface area contributed by atoms with E-state index < -0.39 is 21.3 Å². The Morgan fingerprint density at radius 3 is 2.15 bits per heavy atom. The highest BCUT2D eigenvalue weighted by molar-refractivity contribution is 7.63. The van der Waals surface area contributed by atoms with Crippen molar-refractivity contribution in [2.45, 2.75) is 12.2 Å². The topological polar surface area (TPSA) is 82.1 Å². The number of ether oxygens (including phenoxy) is 2. The van der Waals surface area contributed by atoms with E-state index in [0.29, 0.717) is 0 Å². The molecule has 2 unspecified atom stereocenters. The Balaban J connectivity index is 4.91. The number of hydrogen-bond donors (Lipinski definition) is 1. The van der Waals surface area contributed by atoms with Crippen LogP contribution in [0, 0.1) is 0 Å². The summed E-state index contributed by atoms with van der Waals surface area (Å²) in [5.74, 6) is 0. The first-order valence-electron chi connectivity index (χ1n) is 3.53. The molecule has 0 aromatic rings. The lowest BCUT2D eigenvalue weighted by molar-refractivity contribution is -0.0929. The summed E-state index contributed by atoms with van der Waals surface area (Å²) < 4.78 is 36.0. The fraction of sp³-hybridized carbons (Fsp3) is 1.00. The zero-order valence-electron chi connectivity index (χ0n) is 7.72. The molecule has 80 valence electrons. The number of rotatable bonds is 6. The van der Waals surface area contributed by atoms with Crippen molar-refractivity contribution < 1.29 is 28.0 Å². The highest BCUT2D eigenvalue weighted by atomic mass is 31.2. The van der Waals surface area contributed by atoms with Gasteiger partial charge in [-0.2, -0.15) is 0 Å². The van der Waals surface area contributed by atoms with Crippen LogP contribution < -0.4 is 0 Å². The van der Waals surface area contributed by atoms with Crippen molar-refractivity contribution in [3.63, 3.8) is 0 Å². The Morgan fingerprint density at radius 1 is 1.46 bits per heavy atom. The first-order valence-corrected chi connectivity index (χ1v) is 6.16. The van der Waals surface area contributed by atoms with Gasteiger partial charge in [0.05, 0.1) is 6.61 Å². The molecular weight excluding hydrogens is 218 g/mol. The van der Waals surface area contributed by atoms with Crippen molar-refractivity contribution in [2.24, 2.45) is 0 Å². The Kier molecular flexibility index (Phi) is 5.37. The Bertz CT molecular complexity index is 213. The molecule has 0 aliphatic carbocycles. The van der Waals surface area contributed by atoms with Crippen molar-refractivity contribution >= 4 is 16.1 Å². The van der Waals surface area contributed by atoms with Crippen molar-refractivity contribution in [2.75, 3.05) is 20.8 Å². The van der Waals surface area contributed by atoms with Crippen LogP contribution in [0.5, 0.6) is 0 Å². The van der Waals surface area contributed by atoms with E-state index in [0.717, 1.165) is 14.2 Å². The lowest BCUT2D eigenvalue weighted by Gasteiger charge is -2.28. The zero-order valence-corrected chi connectivity index (χ0v) is 9.77. The van der Waals surface area contributed by atoms with Crippen LogP contribution in [0.1, 0.15) is 6.92 Å². The van der Waals surface area contributed by atoms with Crippen LogP contribution in [0.4, 0.5) is 0 Å². The summed E-state index contributed by atoms with van der Waals surface area (Å²) in [6.07, 6.45) is 0. The summed E-state index contributed by atoms with van der Waals surface area (Å²) in [4.78, 5) is 9.33. The average Bonchev–Trinajstić information content (AvgIpc) is 2.07. The molecule has 1 N–H and O–H groups in total. The van der Waals surface area contributed by atoms with Gasteiger partial charge in [-0.15, -0.1) is 0 Å². The molecule has 0 spiro atoms. The van der Waals surface area contributed by atoms with Gasteiger partial charge in [-0.25, -0.2) is 0 Å². The van der Waals surface area contributed by atoms with Crippen LogP contribution >= 0.6 is 16.1 Å². The molecule has 0 aromatic heterocycles. The maximum absolute atomic E-state index is 11.4. The van der Waals surface area contributed by atoms with Gasteiger partial charge in [0.25, 0.3) is 0 Å². The first kappa shape index (κ1) is 13.3. The molecule has 0 aliphatic heterocycles. The Hall–Kier alpha value is 0.300. The lowest BCUT2D eigenvalue weighted by atomic mass is 10.9. The van der Waals surface area contributed by atoms with Gasteiger partial charge in [0.2, 0.25) is 0 Å². The predicted molar refractivity (Wildman–Crippen MR) is 48.6 cm³/mol. The van der Waals surface area contributed by atoms with Gasteiger partial charge in [0, 0.05) is 14.2 Å². The third-order valence-electron chi connectivity index (χ3n) is 1.43. The molecule has 0 radical (unpaired) electrons. The predicted octanol–water partition coefficient (Wildman–Crippen LogP) is 0.869. The van der Waals surface area contributed by atoms with Crippen LogP contribution in [0.15, 0.2) is 0 Å². The van der Waals surface area contributed by atoms with Gasteiger partial charge in [-0.3, -0.25) is 4.57 Å². The van der Waals surface area contributed by atoms with Gasteiger partial charge >= 0.3 is 12.9 Å². The van der Waals surface area contributed by atoms with E-state index in [1.807, 2.05) is 0 Å². The van der Waals surface area contributed by atoms with Crippen LogP contribution in [0.2, 0.25) is 0 Å². The van der Waals surface area contributed by atoms with Gasteiger partial charge in [0.1, 0.15) is 8.46 Å². The fourth-order valence-electron chi connectivity index (χ4n) is 0.742. The molecule has 0 amide bonds. The van der Waals surface area contributed by atoms with Crippen molar-refractivity contribution in [1.82, 2.24) is 0 Å². The van der Waals surface area contributed by atoms with Crippen LogP contribution in [-0.2, 0) is 23.1 Å². The van der Waals surface area contributed by atoms with Crippen molar-refractivity contribution in [1.29, 1.82) is 0 Å². The minimum atomic E-state index is -4.15. The monoisotopic (exact) mass is 232 g/mol. The number of methoxy groups -OCH3 is 2. The molecule has 0 saturated carbocycles. The zero-order chi connectivity index (χ0) is 10.5. The summed E-state index contributed by atoms with van der Waals surface area (Å²) in [6, 6.07) is 0. The summed E-state index contributed by atoms with van der Waals surface area (Å²) >= 11 is 0. The maximum Gasteiger partial charge on any atom is 0.394 e. The molecule has 6 nitrogen and oxygen atoms in total. The second-order valence-corrected chi connectivity index (χ2v) is 5.50. The third kappa shape index (κ3) is 2.62. The molecular formula is C5H14O6P2. The van der Waals surface area contributed by atoms with E-state index in [9.17, 15) is 14.0 Å². The molecule has 13 heavy (non-hydrogen) atoms. The maximum atomic E-state index is 11.4. The Morgan fingerprint density at radius 2 is 1.92 bits per heavy atom. The molecule has 0 aromatic carbocycles. The lowest BCUT2D eigenvalue weighted by Crippen LogP contribution is -2.27. The quantitative estimate of drug-likeness (QED) is 0.540. The SMILES string of the molecule is CCOP(=O)(O)C(OC)(OC)[PH2]=O. The molecule has 8 heteroatoms. The smallest absolute Gasteiger partial charge is 0.338 e. The van der Waals surface area contributed by atoms with E-state index in [-0.39, 0.29) is 6.61 Å². The minimum Gasteiger partial charge on any atom is -0.338 e. The van der Waals surface area contributed by atoms with E-state index >= 15 is 0 Å². The molecule has 0 saturated heterocycles. The summed E-state index contributed by atoms with van der Waals surface area (Å²) in [5.41, 5.74) is 0. The van der Waals surface area contributed by atoms with Gasteiger partial charge in [-0.05, 0) is 6.92 Å². The van der Waals surface area contributed by atoms with Crippen LogP contribution in [-0.4, -0.2) is 31.0 Å². The fourth-order valence-corrected chi connectivity index (χ4v) is 2.68. The summed E-state index contributed by atoms with van der Waals surface area (Å²) in [5, 5.41) is -2.01. The standard InChI is InChI=1S/C5H14O6P2/c1-4-11-13(7,8)5(9-2,10-3)12-6/h4,12H2,1-3H3,(H,7,8). The molecule has 0 aliphatic rings. The summed E-state index contributed by atoms with van der Waals surface area (Å²) in [7, 11) is -3.63. The summed E-state index contributed by atoms with van der Waals surface area (Å²) in [6.45, 7) is 1.56. The molecule has 0 fully saturated rings. The van der Waals surface area contributed by atoms with Crippen molar-refractivity contribution in [3.8, 4) is 0 Å². The second-order valence-electron chi connectivity index (χ2n) is 2.09. The number of hydrogen-bond acceptors (Lipinski definition) is 5. The molecule has 0 rings (SSSR count). The van der Waals surface area contributed by atoms with Crippen LogP contribution in [0.3, 0.4) is 0 Å². The second kappa shape index (κ2) is 5.25. The van der Waals surface area contributed by atoms with E-state index in [1.54, 1.807) is 6.92 Å².